The number of nitrogens with zero attached hydrogens (tertiary/aromatic N) is 2. The molecule has 0 aliphatic heterocycles. The highest BCUT2D eigenvalue weighted by Gasteiger charge is 2.08. The Kier molecular flexibility index (Phi) is 5.37. The predicted octanol–water partition coefficient (Wildman–Crippen LogP) is 1.12. The first-order valence-corrected chi connectivity index (χ1v) is 8.60. The number of primary sulfonamides is 1. The van der Waals surface area contributed by atoms with Gasteiger partial charge >= 0.3 is 6.03 Å². The lowest BCUT2D eigenvalue weighted by molar-refractivity contribution is 0.251. The molecule has 128 valence electrons. The van der Waals surface area contributed by atoms with E-state index >= 15 is 0 Å². The molecule has 0 saturated carbocycles. The number of carbonyl (C=O) groups is 1. The van der Waals surface area contributed by atoms with E-state index in [1.54, 1.807) is 30.5 Å². The van der Waals surface area contributed by atoms with Gasteiger partial charge in [0, 0.05) is 20.6 Å². The Hall–Kier alpha value is -2.65. The number of benzene rings is 1. The number of pyridine rings is 1. The molecule has 0 atom stereocenters. The minimum atomic E-state index is -3.76. The van der Waals surface area contributed by atoms with Crippen LogP contribution in [0.1, 0.15) is 5.56 Å². The molecule has 0 aliphatic rings. The third kappa shape index (κ3) is 4.93. The van der Waals surface area contributed by atoms with Crippen LogP contribution in [0.15, 0.2) is 47.5 Å². The van der Waals surface area contributed by atoms with Crippen molar-refractivity contribution in [1.82, 2.24) is 10.3 Å². The third-order valence-electron chi connectivity index (χ3n) is 3.14. The fourth-order valence-corrected chi connectivity index (χ4v) is 2.50. The van der Waals surface area contributed by atoms with E-state index < -0.39 is 16.1 Å². The molecule has 2 amide bonds. The SMILES string of the molecule is CN(C)c1ccc(NC(=O)NCc2cccc(S(N)(=O)=O)c2)cn1. The molecule has 0 unspecified atom stereocenters. The van der Waals surface area contributed by atoms with Crippen molar-refractivity contribution in [2.75, 3.05) is 24.3 Å². The summed E-state index contributed by atoms with van der Waals surface area (Å²) in [5, 5.41) is 10.4. The largest absolute Gasteiger partial charge is 0.363 e. The van der Waals surface area contributed by atoms with Crippen molar-refractivity contribution in [2.45, 2.75) is 11.4 Å². The number of anilines is 2. The Labute approximate surface area is 140 Å². The predicted molar refractivity (Wildman–Crippen MR) is 92.2 cm³/mol. The lowest BCUT2D eigenvalue weighted by atomic mass is 10.2. The van der Waals surface area contributed by atoms with Crippen LogP contribution in [0.25, 0.3) is 0 Å². The molecular weight excluding hydrogens is 330 g/mol. The molecule has 24 heavy (non-hydrogen) atoms. The van der Waals surface area contributed by atoms with Gasteiger partial charge in [-0.3, -0.25) is 0 Å². The molecular formula is C15H19N5O3S. The summed E-state index contributed by atoms with van der Waals surface area (Å²) in [6, 6.07) is 9.19. The van der Waals surface area contributed by atoms with Crippen LogP contribution in [0, 0.1) is 0 Å². The van der Waals surface area contributed by atoms with Gasteiger partial charge in [0.1, 0.15) is 5.82 Å². The molecule has 0 bridgehead atoms. The zero-order chi connectivity index (χ0) is 17.7. The van der Waals surface area contributed by atoms with Crippen molar-refractivity contribution in [1.29, 1.82) is 0 Å². The Morgan fingerprint density at radius 1 is 1.25 bits per heavy atom. The number of urea groups is 1. The highest BCUT2D eigenvalue weighted by molar-refractivity contribution is 7.89. The molecule has 0 spiro atoms. The lowest BCUT2D eigenvalue weighted by Crippen LogP contribution is -2.28. The van der Waals surface area contributed by atoms with Gasteiger partial charge in [-0.05, 0) is 29.8 Å². The van der Waals surface area contributed by atoms with Crippen molar-refractivity contribution < 1.29 is 13.2 Å². The van der Waals surface area contributed by atoms with Gasteiger partial charge in [0.25, 0.3) is 0 Å². The summed E-state index contributed by atoms with van der Waals surface area (Å²) in [5.41, 5.74) is 1.18. The molecule has 0 saturated heterocycles. The average molecular weight is 349 g/mol. The summed E-state index contributed by atoms with van der Waals surface area (Å²) < 4.78 is 22.6. The average Bonchev–Trinajstić information content (AvgIpc) is 2.53. The normalized spacial score (nSPS) is 11.0. The lowest BCUT2D eigenvalue weighted by Gasteiger charge is -2.12. The number of hydrogen-bond acceptors (Lipinski definition) is 5. The van der Waals surface area contributed by atoms with Gasteiger partial charge < -0.3 is 15.5 Å². The molecule has 4 N–H and O–H groups in total. The fourth-order valence-electron chi connectivity index (χ4n) is 1.91. The highest BCUT2D eigenvalue weighted by Crippen LogP contribution is 2.12. The third-order valence-corrected chi connectivity index (χ3v) is 4.05. The summed E-state index contributed by atoms with van der Waals surface area (Å²) in [6.07, 6.45) is 1.55. The van der Waals surface area contributed by atoms with Crippen LogP contribution in [-0.2, 0) is 16.6 Å². The zero-order valence-electron chi connectivity index (χ0n) is 13.4. The number of nitrogens with one attached hydrogen (secondary N) is 2. The van der Waals surface area contributed by atoms with Crippen LogP contribution in [0.3, 0.4) is 0 Å². The summed E-state index contributed by atoms with van der Waals surface area (Å²) in [6.45, 7) is 0.165. The Morgan fingerprint density at radius 2 is 2.00 bits per heavy atom. The first kappa shape index (κ1) is 17.7. The van der Waals surface area contributed by atoms with E-state index in [0.29, 0.717) is 11.3 Å². The molecule has 0 radical (unpaired) electrons. The zero-order valence-corrected chi connectivity index (χ0v) is 14.2. The van der Waals surface area contributed by atoms with Crippen molar-refractivity contribution in [3.63, 3.8) is 0 Å². The van der Waals surface area contributed by atoms with Crippen molar-refractivity contribution in [2.24, 2.45) is 5.14 Å². The number of aromatic nitrogens is 1. The minimum Gasteiger partial charge on any atom is -0.363 e. The maximum atomic E-state index is 11.9. The van der Waals surface area contributed by atoms with Crippen LogP contribution in [0.5, 0.6) is 0 Å². The number of rotatable bonds is 5. The maximum Gasteiger partial charge on any atom is 0.319 e. The summed E-state index contributed by atoms with van der Waals surface area (Å²) in [5.74, 6) is 0.778. The summed E-state index contributed by atoms with van der Waals surface area (Å²) in [4.78, 5) is 17.9. The fraction of sp³-hybridized carbons (Fsp3) is 0.200. The monoisotopic (exact) mass is 349 g/mol. The topological polar surface area (TPSA) is 117 Å². The van der Waals surface area contributed by atoms with Crippen molar-refractivity contribution >= 4 is 27.6 Å². The van der Waals surface area contributed by atoms with E-state index in [9.17, 15) is 13.2 Å². The number of nitrogens with two attached hydrogens (primary N) is 1. The van der Waals surface area contributed by atoms with E-state index in [-0.39, 0.29) is 11.4 Å². The van der Waals surface area contributed by atoms with Gasteiger partial charge in [0.2, 0.25) is 10.0 Å². The number of hydrogen-bond donors (Lipinski definition) is 3. The first-order chi connectivity index (χ1) is 11.3. The molecule has 8 nitrogen and oxygen atoms in total. The second-order valence-corrected chi connectivity index (χ2v) is 6.86. The highest BCUT2D eigenvalue weighted by atomic mass is 32.2. The van der Waals surface area contributed by atoms with Crippen LogP contribution >= 0.6 is 0 Å². The Bertz CT molecular complexity index is 819. The minimum absolute atomic E-state index is 0.00526. The van der Waals surface area contributed by atoms with Gasteiger partial charge in [-0.2, -0.15) is 0 Å². The van der Waals surface area contributed by atoms with Gasteiger partial charge in [0.05, 0.1) is 16.8 Å². The molecule has 1 aromatic carbocycles. The second-order valence-electron chi connectivity index (χ2n) is 5.30. The second kappa shape index (κ2) is 7.28. The van der Waals surface area contributed by atoms with Gasteiger partial charge in [0.15, 0.2) is 0 Å². The van der Waals surface area contributed by atoms with Gasteiger partial charge in [-0.25, -0.2) is 23.3 Å². The van der Waals surface area contributed by atoms with Crippen molar-refractivity contribution in [3.8, 4) is 0 Å². The smallest absolute Gasteiger partial charge is 0.319 e. The number of carbonyl (C=O) groups excluding carboxylic acids is 1. The molecule has 1 heterocycles. The molecule has 0 fully saturated rings. The quantitative estimate of drug-likeness (QED) is 0.747. The first-order valence-electron chi connectivity index (χ1n) is 7.05. The molecule has 0 aliphatic carbocycles. The maximum absolute atomic E-state index is 11.9. The van der Waals surface area contributed by atoms with Gasteiger partial charge in [-0.15, -0.1) is 0 Å². The molecule has 2 aromatic rings. The summed E-state index contributed by atoms with van der Waals surface area (Å²) >= 11 is 0. The van der Waals surface area contributed by atoms with E-state index in [0.717, 1.165) is 5.82 Å². The van der Waals surface area contributed by atoms with Crippen LogP contribution in [0.2, 0.25) is 0 Å². The van der Waals surface area contributed by atoms with E-state index in [4.69, 9.17) is 5.14 Å². The van der Waals surface area contributed by atoms with Crippen LogP contribution in [0.4, 0.5) is 16.3 Å². The van der Waals surface area contributed by atoms with Crippen molar-refractivity contribution in [3.05, 3.63) is 48.2 Å². The summed E-state index contributed by atoms with van der Waals surface area (Å²) in [7, 11) is -0.0185. The number of sulfonamides is 1. The number of amides is 2. The standard InChI is InChI=1S/C15H19N5O3S/c1-20(2)14-7-6-12(10-17-14)19-15(21)18-9-11-4-3-5-13(8-11)24(16,22)23/h3-8,10H,9H2,1-2H3,(H2,16,22,23)(H2,18,19,21). The van der Waals surface area contributed by atoms with E-state index in [1.165, 1.54) is 12.1 Å². The Balaban J connectivity index is 1.94. The van der Waals surface area contributed by atoms with Gasteiger partial charge in [-0.1, -0.05) is 12.1 Å². The Morgan fingerprint density at radius 3 is 2.58 bits per heavy atom. The van der Waals surface area contributed by atoms with E-state index in [1.807, 2.05) is 19.0 Å². The van der Waals surface area contributed by atoms with Crippen LogP contribution in [-0.4, -0.2) is 33.5 Å². The van der Waals surface area contributed by atoms with E-state index in [2.05, 4.69) is 15.6 Å². The molecule has 9 heteroatoms. The molecule has 1 aromatic heterocycles. The van der Waals surface area contributed by atoms with Crippen LogP contribution < -0.4 is 20.7 Å². The molecule has 2 rings (SSSR count).